The van der Waals surface area contributed by atoms with Crippen LogP contribution >= 0.6 is 11.3 Å². The number of ether oxygens (including phenoxy) is 2. The van der Waals surface area contributed by atoms with Crippen molar-refractivity contribution >= 4 is 22.2 Å². The molecule has 0 amide bonds. The highest BCUT2D eigenvalue weighted by Gasteiger charge is 2.17. The van der Waals surface area contributed by atoms with Crippen LogP contribution in [-0.4, -0.2) is 24.3 Å². The van der Waals surface area contributed by atoms with E-state index in [2.05, 4.69) is 10.3 Å². The zero-order valence-electron chi connectivity index (χ0n) is 12.0. The summed E-state index contributed by atoms with van der Waals surface area (Å²) in [6.45, 7) is 1.79. The molecule has 0 spiro atoms. The van der Waals surface area contributed by atoms with E-state index in [-0.39, 0.29) is 11.9 Å². The van der Waals surface area contributed by atoms with E-state index < -0.39 is 0 Å². The molecule has 2 heterocycles. The lowest BCUT2D eigenvalue weighted by atomic mass is 10.2. The van der Waals surface area contributed by atoms with Gasteiger partial charge >= 0.3 is 0 Å². The Kier molecular flexibility index (Phi) is 4.74. The molecule has 1 fully saturated rings. The predicted octanol–water partition coefficient (Wildman–Crippen LogP) is 3.03. The second-order valence-corrected chi connectivity index (χ2v) is 6.25. The molecule has 1 aromatic carbocycles. The van der Waals surface area contributed by atoms with Crippen LogP contribution in [0.15, 0.2) is 24.4 Å². The van der Waals surface area contributed by atoms with Crippen molar-refractivity contribution < 1.29 is 13.9 Å². The van der Waals surface area contributed by atoms with Crippen LogP contribution in [0.3, 0.4) is 0 Å². The number of nitrogens with zero attached hydrogens (tertiary/aromatic N) is 1. The third-order valence-electron chi connectivity index (χ3n) is 3.41. The smallest absolute Gasteiger partial charge is 0.180 e. The maximum atomic E-state index is 13.5. The number of benzene rings is 1. The molecule has 0 aliphatic carbocycles. The second-order valence-electron chi connectivity index (χ2n) is 5.10. The number of hydrogen-bond donors (Lipinski definition) is 2. The van der Waals surface area contributed by atoms with Gasteiger partial charge in [-0.05, 0) is 25.0 Å². The van der Waals surface area contributed by atoms with Crippen molar-refractivity contribution in [1.82, 2.24) is 4.98 Å². The molecular formula is C15H18FN3O2S. The maximum absolute atomic E-state index is 13.5. The number of rotatable bonds is 6. The first-order valence-corrected chi connectivity index (χ1v) is 8.00. The molecule has 22 heavy (non-hydrogen) atoms. The minimum Gasteiger partial charge on any atom is -0.489 e. The topological polar surface area (TPSA) is 69.4 Å². The fraction of sp³-hybridized carbons (Fsp3) is 0.400. The van der Waals surface area contributed by atoms with Crippen LogP contribution in [0.5, 0.6) is 5.75 Å². The van der Waals surface area contributed by atoms with Gasteiger partial charge in [0.25, 0.3) is 0 Å². The third kappa shape index (κ3) is 3.86. The van der Waals surface area contributed by atoms with Gasteiger partial charge in [-0.3, -0.25) is 0 Å². The van der Waals surface area contributed by atoms with Crippen molar-refractivity contribution in [2.45, 2.75) is 25.5 Å². The van der Waals surface area contributed by atoms with Crippen molar-refractivity contribution in [3.8, 4) is 5.75 Å². The largest absolute Gasteiger partial charge is 0.489 e. The van der Waals surface area contributed by atoms with E-state index in [0.717, 1.165) is 24.3 Å². The van der Waals surface area contributed by atoms with Crippen molar-refractivity contribution in [2.75, 3.05) is 24.3 Å². The fourth-order valence-corrected chi connectivity index (χ4v) is 2.94. The van der Waals surface area contributed by atoms with Crippen molar-refractivity contribution in [3.05, 3.63) is 35.1 Å². The Morgan fingerprint density at radius 2 is 2.41 bits per heavy atom. The van der Waals surface area contributed by atoms with Gasteiger partial charge < -0.3 is 20.5 Å². The highest BCUT2D eigenvalue weighted by molar-refractivity contribution is 7.15. The maximum Gasteiger partial charge on any atom is 0.180 e. The van der Waals surface area contributed by atoms with Crippen molar-refractivity contribution in [3.63, 3.8) is 0 Å². The molecule has 3 rings (SSSR count). The first kappa shape index (κ1) is 15.1. The lowest BCUT2D eigenvalue weighted by molar-refractivity contribution is 0.0682. The van der Waals surface area contributed by atoms with Crippen LogP contribution in [-0.2, 0) is 11.3 Å². The Labute approximate surface area is 132 Å². The van der Waals surface area contributed by atoms with Crippen molar-refractivity contribution in [1.29, 1.82) is 0 Å². The van der Waals surface area contributed by atoms with Crippen LogP contribution in [0.2, 0.25) is 0 Å². The summed E-state index contributed by atoms with van der Waals surface area (Å²) >= 11 is 1.40. The summed E-state index contributed by atoms with van der Waals surface area (Å²) in [7, 11) is 0. The highest BCUT2D eigenvalue weighted by atomic mass is 32.1. The fourth-order valence-electron chi connectivity index (χ4n) is 2.31. The number of nitrogen functional groups attached to an aromatic ring is 1. The molecule has 1 unspecified atom stereocenters. The first-order chi connectivity index (χ1) is 10.7. The van der Waals surface area contributed by atoms with Crippen LogP contribution in [0.4, 0.5) is 15.2 Å². The lowest BCUT2D eigenvalue weighted by Gasteiger charge is -2.15. The molecule has 7 heteroatoms. The van der Waals surface area contributed by atoms with E-state index in [4.69, 9.17) is 15.2 Å². The molecule has 3 N–H and O–H groups in total. The number of anilines is 2. The molecule has 5 nitrogen and oxygen atoms in total. The van der Waals surface area contributed by atoms with E-state index in [9.17, 15) is 4.39 Å². The standard InChI is InChI=1S/C15H18FN3O2S/c16-10-3-4-14(21-9-11-2-1-5-20-11)13(6-10)18-7-12-8-19-15(17)22-12/h3-4,6,8,11,18H,1-2,5,7,9H2,(H2,17,19). The van der Waals surface area contributed by atoms with Crippen LogP contribution in [0.25, 0.3) is 0 Å². The summed E-state index contributed by atoms with van der Waals surface area (Å²) in [6.07, 6.45) is 3.90. The Morgan fingerprint density at radius 3 is 3.14 bits per heavy atom. The molecule has 1 aromatic heterocycles. The van der Waals surface area contributed by atoms with Gasteiger partial charge in [0.2, 0.25) is 0 Å². The number of nitrogens with one attached hydrogen (secondary N) is 1. The number of halogens is 1. The Bertz CT molecular complexity index is 629. The minimum atomic E-state index is -0.309. The number of hydrogen-bond acceptors (Lipinski definition) is 6. The zero-order chi connectivity index (χ0) is 15.4. The molecule has 1 saturated heterocycles. The quantitative estimate of drug-likeness (QED) is 0.855. The molecule has 2 aromatic rings. The minimum absolute atomic E-state index is 0.124. The molecule has 118 valence electrons. The van der Waals surface area contributed by atoms with Gasteiger partial charge in [0, 0.05) is 23.7 Å². The Balaban J connectivity index is 1.64. The van der Waals surface area contributed by atoms with Gasteiger partial charge in [0.15, 0.2) is 5.13 Å². The van der Waals surface area contributed by atoms with E-state index in [0.29, 0.717) is 29.7 Å². The van der Waals surface area contributed by atoms with E-state index in [1.54, 1.807) is 12.3 Å². The van der Waals surface area contributed by atoms with Crippen LogP contribution in [0.1, 0.15) is 17.7 Å². The molecular weight excluding hydrogens is 305 g/mol. The monoisotopic (exact) mass is 323 g/mol. The number of thiazole rings is 1. The van der Waals surface area contributed by atoms with E-state index >= 15 is 0 Å². The zero-order valence-corrected chi connectivity index (χ0v) is 12.9. The summed E-state index contributed by atoms with van der Waals surface area (Å²) in [4.78, 5) is 4.97. The summed E-state index contributed by atoms with van der Waals surface area (Å²) in [6, 6.07) is 4.45. The molecule has 0 radical (unpaired) electrons. The average molecular weight is 323 g/mol. The Morgan fingerprint density at radius 1 is 1.50 bits per heavy atom. The third-order valence-corrected chi connectivity index (χ3v) is 4.24. The normalized spacial score (nSPS) is 17.6. The number of aromatic nitrogens is 1. The van der Waals surface area contributed by atoms with E-state index in [1.165, 1.54) is 23.5 Å². The molecule has 0 saturated carbocycles. The SMILES string of the molecule is Nc1ncc(CNc2cc(F)ccc2OCC2CCCO2)s1. The summed E-state index contributed by atoms with van der Waals surface area (Å²) < 4.78 is 24.8. The molecule has 0 bridgehead atoms. The lowest BCUT2D eigenvalue weighted by Crippen LogP contribution is -2.17. The predicted molar refractivity (Wildman–Crippen MR) is 84.7 cm³/mol. The molecule has 1 aliphatic rings. The van der Waals surface area contributed by atoms with Crippen LogP contribution in [0, 0.1) is 5.82 Å². The molecule has 1 atom stereocenters. The van der Waals surface area contributed by atoms with Crippen molar-refractivity contribution in [2.24, 2.45) is 0 Å². The van der Waals surface area contributed by atoms with Gasteiger partial charge in [-0.25, -0.2) is 9.37 Å². The van der Waals surface area contributed by atoms with Gasteiger partial charge in [-0.15, -0.1) is 11.3 Å². The number of nitrogens with two attached hydrogens (primary N) is 1. The average Bonchev–Trinajstić information content (AvgIpc) is 3.15. The summed E-state index contributed by atoms with van der Waals surface area (Å²) in [5.74, 6) is 0.310. The first-order valence-electron chi connectivity index (χ1n) is 7.19. The van der Waals surface area contributed by atoms with Gasteiger partial charge in [0.05, 0.1) is 18.3 Å². The summed E-state index contributed by atoms with van der Waals surface area (Å²) in [5, 5.41) is 3.69. The van der Waals surface area contributed by atoms with Crippen LogP contribution < -0.4 is 15.8 Å². The van der Waals surface area contributed by atoms with E-state index in [1.807, 2.05) is 0 Å². The van der Waals surface area contributed by atoms with Gasteiger partial charge in [-0.2, -0.15) is 0 Å². The van der Waals surface area contributed by atoms with Gasteiger partial charge in [-0.1, -0.05) is 0 Å². The Hall–Kier alpha value is -1.86. The second kappa shape index (κ2) is 6.93. The highest BCUT2D eigenvalue weighted by Crippen LogP contribution is 2.27. The molecule has 1 aliphatic heterocycles. The van der Waals surface area contributed by atoms with Gasteiger partial charge in [0.1, 0.15) is 18.2 Å². The summed E-state index contributed by atoms with van der Waals surface area (Å²) in [5.41, 5.74) is 6.22.